The summed E-state index contributed by atoms with van der Waals surface area (Å²) in [5.74, 6) is 4.85. The number of amides is 1. The van der Waals surface area contributed by atoms with Crippen LogP contribution in [0, 0.1) is 41.4 Å². The summed E-state index contributed by atoms with van der Waals surface area (Å²) in [6.45, 7) is 1.68. The Balaban J connectivity index is 1.14. The number of esters is 1. The maximum absolute atomic E-state index is 13.2. The molecule has 7 heteroatoms. The molecule has 0 aromatic carbocycles. The lowest BCUT2D eigenvalue weighted by Crippen LogP contribution is -2.55. The number of piperidine rings is 1. The molecular formula is C24H31N3O3S. The quantitative estimate of drug-likeness (QED) is 0.559. The molecule has 1 aromatic rings. The molecule has 0 unspecified atom stereocenters. The number of nitrogens with one attached hydrogen (secondary N) is 1. The van der Waals surface area contributed by atoms with Gasteiger partial charge in [0.05, 0.1) is 18.6 Å². The predicted molar refractivity (Wildman–Crippen MR) is 119 cm³/mol. The predicted octanol–water partition coefficient (Wildman–Crippen LogP) is 3.21. The number of carbonyl (C=O) groups is 2. The number of carbonyl (C=O) groups excluding carboxylic acids is 2. The van der Waals surface area contributed by atoms with E-state index in [1.807, 2.05) is 18.4 Å². The Kier molecular flexibility index (Phi) is 4.74. The van der Waals surface area contributed by atoms with E-state index in [2.05, 4.69) is 10.2 Å². The van der Waals surface area contributed by atoms with Crippen molar-refractivity contribution in [3.63, 3.8) is 0 Å². The number of fused-ring (bicyclic) bond motifs is 1. The number of aromatic nitrogens is 1. The first-order valence-electron chi connectivity index (χ1n) is 11.7. The van der Waals surface area contributed by atoms with Gasteiger partial charge in [-0.25, -0.2) is 4.98 Å². The van der Waals surface area contributed by atoms with E-state index in [0.717, 1.165) is 35.8 Å². The number of thioether (sulfide) groups is 1. The van der Waals surface area contributed by atoms with Crippen molar-refractivity contribution >= 4 is 29.5 Å². The number of nitrogens with zero attached hydrogens (tertiary/aromatic N) is 2. The van der Waals surface area contributed by atoms with Gasteiger partial charge in [-0.1, -0.05) is 0 Å². The first kappa shape index (κ1) is 19.9. The second-order valence-electron chi connectivity index (χ2n) is 10.4. The van der Waals surface area contributed by atoms with Crippen LogP contribution in [0.1, 0.15) is 42.5 Å². The molecule has 1 N–H and O–H groups in total. The second kappa shape index (κ2) is 7.39. The highest BCUT2D eigenvalue weighted by Gasteiger charge is 2.60. The lowest BCUT2D eigenvalue weighted by molar-refractivity contribution is -0.142. The highest BCUT2D eigenvalue weighted by atomic mass is 32.2. The van der Waals surface area contributed by atoms with E-state index in [4.69, 9.17) is 9.72 Å². The van der Waals surface area contributed by atoms with Crippen LogP contribution in [-0.4, -0.2) is 49.4 Å². The third kappa shape index (κ3) is 3.26. The molecule has 6 aliphatic rings. The summed E-state index contributed by atoms with van der Waals surface area (Å²) in [5, 5.41) is 4.22. The van der Waals surface area contributed by atoms with Gasteiger partial charge in [-0.15, -0.1) is 11.8 Å². The summed E-state index contributed by atoms with van der Waals surface area (Å²) in [4.78, 5) is 32.1. The van der Waals surface area contributed by atoms with Crippen molar-refractivity contribution in [1.29, 1.82) is 0 Å². The molecule has 2 heterocycles. The molecule has 3 atom stereocenters. The van der Waals surface area contributed by atoms with Crippen LogP contribution in [0.15, 0.2) is 17.2 Å². The van der Waals surface area contributed by atoms with Crippen LogP contribution < -0.4 is 10.2 Å². The zero-order valence-electron chi connectivity index (χ0n) is 18.3. The molecule has 5 aliphatic carbocycles. The summed E-state index contributed by atoms with van der Waals surface area (Å²) in [5.41, 5.74) is 0.696. The van der Waals surface area contributed by atoms with Gasteiger partial charge in [0.1, 0.15) is 10.8 Å². The van der Waals surface area contributed by atoms with Gasteiger partial charge >= 0.3 is 5.97 Å². The number of rotatable bonds is 5. The first-order valence-corrected chi connectivity index (χ1v) is 13.0. The highest BCUT2D eigenvalue weighted by Crippen LogP contribution is 2.54. The average Bonchev–Trinajstić information content (AvgIpc) is 3.27. The summed E-state index contributed by atoms with van der Waals surface area (Å²) in [6, 6.07) is 4.26. The molecule has 6 nitrogen and oxygen atoms in total. The van der Waals surface area contributed by atoms with Crippen molar-refractivity contribution in [2.24, 2.45) is 41.4 Å². The van der Waals surface area contributed by atoms with Crippen LogP contribution in [0.2, 0.25) is 0 Å². The van der Waals surface area contributed by atoms with Crippen LogP contribution in [-0.2, 0) is 9.53 Å². The van der Waals surface area contributed by atoms with Crippen LogP contribution in [0.5, 0.6) is 0 Å². The van der Waals surface area contributed by atoms with E-state index in [-0.39, 0.29) is 17.8 Å². The fraction of sp³-hybridized carbons (Fsp3) is 0.708. The number of methoxy groups -OCH3 is 1. The normalized spacial score (nSPS) is 39.4. The zero-order valence-corrected chi connectivity index (χ0v) is 19.1. The summed E-state index contributed by atoms with van der Waals surface area (Å²) in [7, 11) is 1.47. The van der Waals surface area contributed by atoms with Crippen LogP contribution in [0.3, 0.4) is 0 Å². The molecule has 5 saturated carbocycles. The second-order valence-corrected chi connectivity index (χ2v) is 11.2. The molecular weight excluding hydrogens is 410 g/mol. The Morgan fingerprint density at radius 1 is 1.06 bits per heavy atom. The Labute approximate surface area is 187 Å². The first-order chi connectivity index (χ1) is 15.1. The molecule has 6 fully saturated rings. The fourth-order valence-corrected chi connectivity index (χ4v) is 8.09. The third-order valence-electron chi connectivity index (χ3n) is 8.80. The van der Waals surface area contributed by atoms with Crippen molar-refractivity contribution in [2.75, 3.05) is 31.4 Å². The Hall–Kier alpha value is -1.76. The molecule has 1 saturated heterocycles. The van der Waals surface area contributed by atoms with Gasteiger partial charge in [-0.2, -0.15) is 0 Å². The minimum absolute atomic E-state index is 0.0379. The van der Waals surface area contributed by atoms with E-state index in [0.29, 0.717) is 35.3 Å². The maximum Gasteiger partial charge on any atom is 0.309 e. The Bertz CT molecular complexity index is 881. The van der Waals surface area contributed by atoms with Crippen molar-refractivity contribution in [3.05, 3.63) is 17.7 Å². The lowest BCUT2D eigenvalue weighted by atomic mass is 9.54. The van der Waals surface area contributed by atoms with E-state index in [1.54, 1.807) is 0 Å². The van der Waals surface area contributed by atoms with Gasteiger partial charge in [0, 0.05) is 19.1 Å². The molecule has 7 rings (SSSR count). The van der Waals surface area contributed by atoms with Crippen molar-refractivity contribution in [1.82, 2.24) is 10.3 Å². The van der Waals surface area contributed by atoms with Gasteiger partial charge in [-0.3, -0.25) is 9.59 Å². The maximum atomic E-state index is 13.2. The monoisotopic (exact) mass is 441 g/mol. The molecule has 31 heavy (non-hydrogen) atoms. The molecule has 1 amide bonds. The van der Waals surface area contributed by atoms with Crippen molar-refractivity contribution < 1.29 is 14.3 Å². The van der Waals surface area contributed by atoms with E-state index < -0.39 is 0 Å². The van der Waals surface area contributed by atoms with Gasteiger partial charge in [0.25, 0.3) is 5.91 Å². The van der Waals surface area contributed by atoms with Gasteiger partial charge in [0.15, 0.2) is 0 Å². The SMILES string of the molecule is COC(=O)[C@H]1[C@@H]2CN(c3ccc(C(=O)NC4C5CC6CC(C5)CC4C6)c(SC)n3)C[C@@H]21. The summed E-state index contributed by atoms with van der Waals surface area (Å²) < 4.78 is 4.91. The molecule has 4 bridgehead atoms. The van der Waals surface area contributed by atoms with Crippen LogP contribution in [0.25, 0.3) is 0 Å². The van der Waals surface area contributed by atoms with E-state index >= 15 is 0 Å². The molecule has 1 aliphatic heterocycles. The van der Waals surface area contributed by atoms with E-state index in [9.17, 15) is 9.59 Å². The minimum atomic E-state index is -0.0794. The van der Waals surface area contributed by atoms with Crippen LogP contribution in [0.4, 0.5) is 5.82 Å². The largest absolute Gasteiger partial charge is 0.469 e. The standard InChI is InChI=1S/C24H31N3O3S/c1-30-24(29)20-17-10-27(11-18(17)20)19-4-3-16(23(25-19)31-2)22(28)26-21-14-6-12-5-13(8-14)9-15(21)7-12/h3-4,12-15,17-18,20-21H,5-11H2,1-2H3,(H,26,28)/t12?,13?,14?,15?,17-,18+,20+,21?. The molecule has 166 valence electrons. The number of anilines is 1. The Morgan fingerprint density at radius 2 is 1.71 bits per heavy atom. The number of hydrogen-bond acceptors (Lipinski definition) is 6. The molecule has 1 aromatic heterocycles. The minimum Gasteiger partial charge on any atom is -0.469 e. The van der Waals surface area contributed by atoms with Crippen molar-refractivity contribution in [3.8, 4) is 0 Å². The van der Waals surface area contributed by atoms with Gasteiger partial charge < -0.3 is 15.0 Å². The number of pyridine rings is 1. The fourth-order valence-electron chi connectivity index (χ4n) is 7.52. The van der Waals surface area contributed by atoms with Gasteiger partial charge in [-0.05, 0) is 86.0 Å². The Morgan fingerprint density at radius 3 is 2.29 bits per heavy atom. The molecule has 0 spiro atoms. The summed E-state index contributed by atoms with van der Waals surface area (Å²) >= 11 is 1.54. The highest BCUT2D eigenvalue weighted by molar-refractivity contribution is 7.98. The summed E-state index contributed by atoms with van der Waals surface area (Å²) in [6.07, 6.45) is 8.61. The van der Waals surface area contributed by atoms with Gasteiger partial charge in [0.2, 0.25) is 0 Å². The smallest absolute Gasteiger partial charge is 0.309 e. The van der Waals surface area contributed by atoms with Crippen LogP contribution >= 0.6 is 11.8 Å². The number of hydrogen-bond donors (Lipinski definition) is 1. The van der Waals surface area contributed by atoms with E-state index in [1.165, 1.54) is 51.0 Å². The topological polar surface area (TPSA) is 71.5 Å². The third-order valence-corrected chi connectivity index (χ3v) is 9.50. The lowest BCUT2D eigenvalue weighted by Gasteiger charge is -2.54. The number of ether oxygens (including phenoxy) is 1. The molecule has 0 radical (unpaired) electrons. The zero-order chi connectivity index (χ0) is 21.3. The van der Waals surface area contributed by atoms with Crippen molar-refractivity contribution in [2.45, 2.75) is 43.2 Å². The average molecular weight is 442 g/mol.